The van der Waals surface area contributed by atoms with E-state index in [1.54, 1.807) is 23.6 Å². The third-order valence-corrected chi connectivity index (χ3v) is 5.03. The van der Waals surface area contributed by atoms with Crippen molar-refractivity contribution in [1.82, 2.24) is 19.5 Å². The Morgan fingerprint density at radius 1 is 1.26 bits per heavy atom. The molecular formula is C19H22N6O6. The quantitative estimate of drug-likeness (QED) is 0.369. The van der Waals surface area contributed by atoms with Crippen molar-refractivity contribution in [3.05, 3.63) is 46.3 Å². The Kier molecular flexibility index (Phi) is 5.67. The second-order valence-corrected chi connectivity index (χ2v) is 7.11. The number of hydrogen-bond acceptors (Lipinski definition) is 10. The minimum atomic E-state index is -1.16. The van der Waals surface area contributed by atoms with Gasteiger partial charge >= 0.3 is 0 Å². The topological polar surface area (TPSA) is 158 Å². The van der Waals surface area contributed by atoms with Crippen molar-refractivity contribution in [3.63, 3.8) is 0 Å². The normalized spacial score (nSPS) is 23.2. The van der Waals surface area contributed by atoms with Gasteiger partial charge in [-0.25, -0.2) is 9.97 Å². The van der Waals surface area contributed by atoms with Gasteiger partial charge in [0.15, 0.2) is 17.4 Å². The van der Waals surface area contributed by atoms with Crippen molar-refractivity contribution in [1.29, 1.82) is 0 Å². The second-order valence-electron chi connectivity index (χ2n) is 7.11. The molecule has 3 heterocycles. The zero-order chi connectivity index (χ0) is 22.1. The summed E-state index contributed by atoms with van der Waals surface area (Å²) in [7, 11) is 0. The van der Waals surface area contributed by atoms with Crippen molar-refractivity contribution in [2.75, 3.05) is 11.9 Å². The molecule has 1 saturated heterocycles. The Morgan fingerprint density at radius 2 is 2.00 bits per heavy atom. The van der Waals surface area contributed by atoms with Crippen molar-refractivity contribution in [2.24, 2.45) is 0 Å². The molecule has 1 fully saturated rings. The zero-order valence-corrected chi connectivity index (χ0v) is 16.9. The average molecular weight is 430 g/mol. The summed E-state index contributed by atoms with van der Waals surface area (Å²) in [6, 6.07) is 6.00. The van der Waals surface area contributed by atoms with E-state index in [1.165, 1.54) is 18.5 Å². The first-order valence-electron chi connectivity index (χ1n) is 9.75. The van der Waals surface area contributed by atoms with Crippen LogP contribution in [0.15, 0.2) is 30.6 Å². The molecule has 3 aromatic rings. The number of benzene rings is 1. The van der Waals surface area contributed by atoms with Crippen LogP contribution in [0.3, 0.4) is 0 Å². The molecule has 1 aliphatic heterocycles. The number of imidazole rings is 1. The maximum Gasteiger partial charge on any atom is 0.269 e. The van der Waals surface area contributed by atoms with Crippen LogP contribution >= 0.6 is 0 Å². The van der Waals surface area contributed by atoms with E-state index in [2.05, 4.69) is 20.3 Å². The minimum Gasteiger partial charge on any atom is -0.471 e. The van der Waals surface area contributed by atoms with Gasteiger partial charge in [-0.15, -0.1) is 0 Å². The molecule has 4 rings (SSSR count). The van der Waals surface area contributed by atoms with Gasteiger partial charge in [0.25, 0.3) is 5.69 Å². The lowest BCUT2D eigenvalue weighted by Gasteiger charge is -2.19. The fourth-order valence-corrected chi connectivity index (χ4v) is 3.42. The summed E-state index contributed by atoms with van der Waals surface area (Å²) in [4.78, 5) is 23.3. The Bertz CT molecular complexity index is 1090. The van der Waals surface area contributed by atoms with Crippen LogP contribution < -0.4 is 10.1 Å². The smallest absolute Gasteiger partial charge is 0.269 e. The van der Waals surface area contributed by atoms with Crippen LogP contribution in [-0.4, -0.2) is 59.5 Å². The number of nitrogens with one attached hydrogen (secondary N) is 1. The highest BCUT2D eigenvalue weighted by Gasteiger charge is 2.43. The molecular weight excluding hydrogens is 408 g/mol. The fourth-order valence-electron chi connectivity index (χ4n) is 3.42. The molecule has 164 valence electrons. The summed E-state index contributed by atoms with van der Waals surface area (Å²) in [5, 5.41) is 34.5. The van der Waals surface area contributed by atoms with Gasteiger partial charge in [0, 0.05) is 18.7 Å². The maximum absolute atomic E-state index is 10.8. The molecule has 2 aromatic heterocycles. The Labute approximate surface area is 176 Å². The van der Waals surface area contributed by atoms with Crippen molar-refractivity contribution < 1.29 is 24.6 Å². The number of fused-ring (bicyclic) bond motifs is 1. The van der Waals surface area contributed by atoms with Crippen LogP contribution in [0.4, 0.5) is 11.6 Å². The molecule has 12 nitrogen and oxygen atoms in total. The standard InChI is InChI=1S/C19H22N6O6/c1-3-20-19-23-13-16(24(19)18-15(27)14(26)10(2)31-18)21-9-22-17(13)30-8-11-4-6-12(7-5-11)25(28)29/h4-7,9-10,14-15,18,26-27H,3,8H2,1-2H3,(H,20,23)/t10-,14-,15-,18-/m1/s1. The van der Waals surface area contributed by atoms with Gasteiger partial charge in [0.05, 0.1) is 11.0 Å². The molecule has 3 N–H and O–H groups in total. The van der Waals surface area contributed by atoms with Crippen LogP contribution in [0.25, 0.3) is 11.2 Å². The van der Waals surface area contributed by atoms with Crippen molar-refractivity contribution in [2.45, 2.75) is 45.0 Å². The van der Waals surface area contributed by atoms with E-state index >= 15 is 0 Å². The zero-order valence-electron chi connectivity index (χ0n) is 16.9. The molecule has 4 atom stereocenters. The van der Waals surface area contributed by atoms with E-state index in [-0.39, 0.29) is 18.2 Å². The first-order valence-corrected chi connectivity index (χ1v) is 9.75. The third kappa shape index (κ3) is 3.87. The summed E-state index contributed by atoms with van der Waals surface area (Å²) >= 11 is 0. The van der Waals surface area contributed by atoms with E-state index in [4.69, 9.17) is 9.47 Å². The molecule has 1 aliphatic rings. The summed E-state index contributed by atoms with van der Waals surface area (Å²) < 4.78 is 13.1. The summed E-state index contributed by atoms with van der Waals surface area (Å²) in [5.41, 5.74) is 1.43. The molecule has 0 saturated carbocycles. The maximum atomic E-state index is 10.8. The van der Waals surface area contributed by atoms with Crippen LogP contribution in [0.5, 0.6) is 5.88 Å². The van der Waals surface area contributed by atoms with Crippen LogP contribution in [0.1, 0.15) is 25.6 Å². The number of anilines is 1. The molecule has 0 bridgehead atoms. The van der Waals surface area contributed by atoms with E-state index in [0.717, 1.165) is 5.56 Å². The highest BCUT2D eigenvalue weighted by molar-refractivity contribution is 5.79. The molecule has 31 heavy (non-hydrogen) atoms. The van der Waals surface area contributed by atoms with E-state index in [1.807, 2.05) is 6.92 Å². The Hall–Kier alpha value is -3.35. The monoisotopic (exact) mass is 430 g/mol. The number of nitrogens with zero attached hydrogens (tertiary/aromatic N) is 5. The fraction of sp³-hybridized carbons (Fsp3) is 0.421. The lowest BCUT2D eigenvalue weighted by molar-refractivity contribution is -0.384. The minimum absolute atomic E-state index is 0.00580. The number of aliphatic hydroxyl groups excluding tert-OH is 2. The number of hydrogen-bond donors (Lipinski definition) is 3. The highest BCUT2D eigenvalue weighted by atomic mass is 16.6. The van der Waals surface area contributed by atoms with Crippen LogP contribution in [-0.2, 0) is 11.3 Å². The highest BCUT2D eigenvalue weighted by Crippen LogP contribution is 2.35. The largest absolute Gasteiger partial charge is 0.471 e. The third-order valence-electron chi connectivity index (χ3n) is 5.03. The molecule has 1 aromatic carbocycles. The Morgan fingerprint density at radius 3 is 2.61 bits per heavy atom. The number of aromatic nitrogens is 4. The Balaban J connectivity index is 1.66. The molecule has 12 heteroatoms. The van der Waals surface area contributed by atoms with Crippen molar-refractivity contribution >= 4 is 22.8 Å². The number of non-ortho nitro benzene ring substituents is 1. The predicted molar refractivity (Wildman–Crippen MR) is 109 cm³/mol. The van der Waals surface area contributed by atoms with Crippen LogP contribution in [0.2, 0.25) is 0 Å². The molecule has 0 amide bonds. The first kappa shape index (κ1) is 20.9. The summed E-state index contributed by atoms with van der Waals surface area (Å²) in [6.45, 7) is 4.24. The first-order chi connectivity index (χ1) is 14.9. The lowest BCUT2D eigenvalue weighted by Crippen LogP contribution is -2.30. The molecule has 0 unspecified atom stereocenters. The van der Waals surface area contributed by atoms with Gasteiger partial charge < -0.3 is 25.0 Å². The van der Waals surface area contributed by atoms with E-state index in [0.29, 0.717) is 23.7 Å². The number of rotatable bonds is 7. The van der Waals surface area contributed by atoms with Gasteiger partial charge in [-0.2, -0.15) is 4.98 Å². The van der Waals surface area contributed by atoms with Gasteiger partial charge in [-0.1, -0.05) is 0 Å². The van der Waals surface area contributed by atoms with Gasteiger partial charge in [-0.05, 0) is 31.5 Å². The number of aliphatic hydroxyl groups is 2. The number of ether oxygens (including phenoxy) is 2. The van der Waals surface area contributed by atoms with Crippen LogP contribution in [0, 0.1) is 10.1 Å². The number of nitro groups is 1. The summed E-state index contributed by atoms with van der Waals surface area (Å²) in [5.74, 6) is 0.603. The second kappa shape index (κ2) is 8.41. The molecule has 0 aliphatic carbocycles. The van der Waals surface area contributed by atoms with Gasteiger partial charge in [-0.3, -0.25) is 14.7 Å². The van der Waals surface area contributed by atoms with E-state index in [9.17, 15) is 20.3 Å². The molecule has 0 radical (unpaired) electrons. The van der Waals surface area contributed by atoms with Gasteiger partial charge in [0.2, 0.25) is 11.8 Å². The van der Waals surface area contributed by atoms with E-state index < -0.39 is 29.5 Å². The lowest BCUT2D eigenvalue weighted by atomic mass is 10.1. The summed E-state index contributed by atoms with van der Waals surface area (Å²) in [6.07, 6.45) is -2.35. The number of nitro benzene ring substituents is 1. The predicted octanol–water partition coefficient (Wildman–Crippen LogP) is 1.38. The molecule has 0 spiro atoms. The average Bonchev–Trinajstić information content (AvgIpc) is 3.24. The van der Waals surface area contributed by atoms with Gasteiger partial charge in [0.1, 0.15) is 25.1 Å². The SMILES string of the molecule is CCNc1nc2c(OCc3ccc([N+](=O)[O-])cc3)ncnc2n1[C@@H]1O[C@H](C)[C@@H](O)[C@H]1O. The van der Waals surface area contributed by atoms with Crippen molar-refractivity contribution in [3.8, 4) is 5.88 Å².